The van der Waals surface area contributed by atoms with Gasteiger partial charge in [0.25, 0.3) is 5.91 Å². The van der Waals surface area contributed by atoms with Gasteiger partial charge in [-0.2, -0.15) is 0 Å². The van der Waals surface area contributed by atoms with Crippen LogP contribution >= 0.6 is 0 Å². The van der Waals surface area contributed by atoms with Crippen molar-refractivity contribution in [1.29, 1.82) is 0 Å². The molecular weight excluding hydrogens is 356 g/mol. The molecule has 2 N–H and O–H groups in total. The molecular formula is C21H26N4O3. The molecule has 0 bridgehead atoms. The minimum atomic E-state index is -0.549. The van der Waals surface area contributed by atoms with Crippen LogP contribution in [0.4, 0.5) is 0 Å². The van der Waals surface area contributed by atoms with Gasteiger partial charge in [-0.3, -0.25) is 24.6 Å². The first-order valence-electron chi connectivity index (χ1n) is 10.3. The van der Waals surface area contributed by atoms with Crippen LogP contribution in [0.15, 0.2) is 18.2 Å². The Morgan fingerprint density at radius 3 is 2.75 bits per heavy atom. The van der Waals surface area contributed by atoms with E-state index in [1.54, 1.807) is 4.90 Å². The summed E-state index contributed by atoms with van der Waals surface area (Å²) < 4.78 is 0. The number of benzene rings is 1. The number of nitrogens with zero attached hydrogens (tertiary/aromatic N) is 2. The van der Waals surface area contributed by atoms with Crippen LogP contribution in [0.25, 0.3) is 0 Å². The Morgan fingerprint density at radius 1 is 1.11 bits per heavy atom. The van der Waals surface area contributed by atoms with Crippen LogP contribution in [0.1, 0.15) is 53.6 Å². The summed E-state index contributed by atoms with van der Waals surface area (Å²) in [6.45, 7) is 4.52. The standard InChI is InChI=1S/C21H26N4O3/c26-18-4-3-17(19(27)23-18)25-13-15-11-14(1-2-16(15)20(25)28)12-24-10-9-22-8-7-21(24)5-6-21/h1-2,11,17,22H,3-10,12-13H2,(H,23,26,27). The van der Waals surface area contributed by atoms with Gasteiger partial charge in [-0.15, -0.1) is 0 Å². The van der Waals surface area contributed by atoms with Crippen LogP contribution in [0.3, 0.4) is 0 Å². The van der Waals surface area contributed by atoms with Gasteiger partial charge in [-0.05, 0) is 49.4 Å². The molecule has 0 radical (unpaired) electrons. The molecule has 7 nitrogen and oxygen atoms in total. The summed E-state index contributed by atoms with van der Waals surface area (Å²) >= 11 is 0. The second-order valence-corrected chi connectivity index (χ2v) is 8.54. The van der Waals surface area contributed by atoms with Crippen LogP contribution in [0.5, 0.6) is 0 Å². The minimum absolute atomic E-state index is 0.103. The molecule has 1 atom stereocenters. The van der Waals surface area contributed by atoms with Crippen LogP contribution in [0.2, 0.25) is 0 Å². The Kier molecular flexibility index (Phi) is 4.25. The summed E-state index contributed by atoms with van der Waals surface area (Å²) in [6.07, 6.45) is 4.45. The Bertz CT molecular complexity index is 848. The molecule has 3 fully saturated rings. The lowest BCUT2D eigenvalue weighted by Crippen LogP contribution is -2.52. The fourth-order valence-corrected chi connectivity index (χ4v) is 4.96. The number of hydrogen-bond donors (Lipinski definition) is 2. The first-order valence-corrected chi connectivity index (χ1v) is 10.3. The van der Waals surface area contributed by atoms with Crippen molar-refractivity contribution in [3.8, 4) is 0 Å². The average Bonchev–Trinajstić information content (AvgIpc) is 3.43. The summed E-state index contributed by atoms with van der Waals surface area (Å²) in [5.41, 5.74) is 3.28. The molecule has 3 heterocycles. The van der Waals surface area contributed by atoms with Crippen LogP contribution in [0, 0.1) is 0 Å². The van der Waals surface area contributed by atoms with E-state index in [0.29, 0.717) is 24.1 Å². The molecule has 1 aliphatic carbocycles. The SMILES string of the molecule is O=C1CCC(N2Cc3cc(CN4CCNCCC45CC5)ccc3C2=O)C(=O)N1. The maximum Gasteiger partial charge on any atom is 0.255 e. The van der Waals surface area contributed by atoms with Crippen molar-refractivity contribution >= 4 is 17.7 Å². The van der Waals surface area contributed by atoms with Crippen LogP contribution < -0.4 is 10.6 Å². The van der Waals surface area contributed by atoms with Gasteiger partial charge in [-0.1, -0.05) is 12.1 Å². The maximum absolute atomic E-state index is 12.8. The van der Waals surface area contributed by atoms with E-state index >= 15 is 0 Å². The zero-order valence-electron chi connectivity index (χ0n) is 16.0. The fraction of sp³-hybridized carbons (Fsp3) is 0.571. The predicted molar refractivity (Wildman–Crippen MR) is 102 cm³/mol. The lowest BCUT2D eigenvalue weighted by atomic mass is 10.0. The van der Waals surface area contributed by atoms with Crippen molar-refractivity contribution < 1.29 is 14.4 Å². The third-order valence-electron chi connectivity index (χ3n) is 6.78. The highest BCUT2D eigenvalue weighted by Gasteiger charge is 2.47. The lowest BCUT2D eigenvalue weighted by Gasteiger charge is -2.30. The molecule has 1 aromatic rings. The number of hydrogen-bond acceptors (Lipinski definition) is 5. The molecule has 3 aliphatic heterocycles. The second-order valence-electron chi connectivity index (χ2n) is 8.54. The molecule has 3 amide bonds. The molecule has 5 rings (SSSR count). The molecule has 4 aliphatic rings. The zero-order valence-corrected chi connectivity index (χ0v) is 16.0. The van der Waals surface area contributed by atoms with Crippen molar-refractivity contribution in [3.05, 3.63) is 34.9 Å². The zero-order chi connectivity index (χ0) is 19.3. The van der Waals surface area contributed by atoms with Crippen molar-refractivity contribution in [1.82, 2.24) is 20.4 Å². The van der Waals surface area contributed by atoms with Crippen LogP contribution in [-0.2, 0) is 22.7 Å². The van der Waals surface area contributed by atoms with Gasteiger partial charge in [0, 0.05) is 43.7 Å². The number of amides is 3. The highest BCUT2D eigenvalue weighted by molar-refractivity contribution is 6.05. The number of carbonyl (C=O) groups is 3. The molecule has 0 aromatic heterocycles. The maximum atomic E-state index is 12.8. The molecule has 7 heteroatoms. The summed E-state index contributed by atoms with van der Waals surface area (Å²) in [4.78, 5) is 40.6. The number of piperidine rings is 1. The normalized spacial score (nSPS) is 26.9. The third kappa shape index (κ3) is 3.02. The van der Waals surface area contributed by atoms with E-state index in [1.807, 2.05) is 6.07 Å². The molecule has 1 unspecified atom stereocenters. The van der Waals surface area contributed by atoms with E-state index in [2.05, 4.69) is 27.7 Å². The highest BCUT2D eigenvalue weighted by atomic mass is 16.2. The smallest absolute Gasteiger partial charge is 0.255 e. The van der Waals surface area contributed by atoms with Crippen molar-refractivity contribution in [2.24, 2.45) is 0 Å². The molecule has 1 saturated carbocycles. The molecule has 1 spiro atoms. The summed E-state index contributed by atoms with van der Waals surface area (Å²) in [5, 5.41) is 5.86. The van der Waals surface area contributed by atoms with Gasteiger partial charge < -0.3 is 10.2 Å². The lowest BCUT2D eigenvalue weighted by molar-refractivity contribution is -0.136. The molecule has 1 aromatic carbocycles. The quantitative estimate of drug-likeness (QED) is 0.755. The Labute approximate surface area is 164 Å². The monoisotopic (exact) mass is 382 g/mol. The summed E-state index contributed by atoms with van der Waals surface area (Å²) in [6, 6.07) is 5.55. The Balaban J connectivity index is 1.33. The number of rotatable bonds is 3. The third-order valence-corrected chi connectivity index (χ3v) is 6.78. The summed E-state index contributed by atoms with van der Waals surface area (Å²) in [7, 11) is 0. The van der Waals surface area contributed by atoms with Gasteiger partial charge in [0.05, 0.1) is 0 Å². The Hall–Kier alpha value is -2.25. The van der Waals surface area contributed by atoms with E-state index < -0.39 is 6.04 Å². The molecule has 148 valence electrons. The van der Waals surface area contributed by atoms with E-state index in [4.69, 9.17) is 0 Å². The Morgan fingerprint density at radius 2 is 1.96 bits per heavy atom. The van der Waals surface area contributed by atoms with Crippen LogP contribution in [-0.4, -0.2) is 58.7 Å². The van der Waals surface area contributed by atoms with E-state index in [0.717, 1.165) is 31.7 Å². The summed E-state index contributed by atoms with van der Waals surface area (Å²) in [5.74, 6) is -0.715. The van der Waals surface area contributed by atoms with Gasteiger partial charge >= 0.3 is 0 Å². The number of carbonyl (C=O) groups excluding carboxylic acids is 3. The largest absolute Gasteiger partial charge is 0.322 e. The molecule has 28 heavy (non-hydrogen) atoms. The van der Waals surface area contributed by atoms with E-state index in [9.17, 15) is 14.4 Å². The first kappa shape index (κ1) is 17.8. The fourth-order valence-electron chi connectivity index (χ4n) is 4.96. The highest BCUT2D eigenvalue weighted by Crippen LogP contribution is 2.45. The number of fused-ring (bicyclic) bond motifs is 1. The predicted octanol–water partition coefficient (Wildman–Crippen LogP) is 0.776. The van der Waals surface area contributed by atoms with Crippen molar-refractivity contribution in [2.75, 3.05) is 19.6 Å². The van der Waals surface area contributed by atoms with Gasteiger partial charge in [0.2, 0.25) is 11.8 Å². The minimum Gasteiger partial charge on any atom is -0.322 e. The van der Waals surface area contributed by atoms with Crippen molar-refractivity contribution in [2.45, 2.75) is 56.8 Å². The molecule has 2 saturated heterocycles. The number of imide groups is 1. The van der Waals surface area contributed by atoms with Crippen molar-refractivity contribution in [3.63, 3.8) is 0 Å². The average molecular weight is 382 g/mol. The van der Waals surface area contributed by atoms with Gasteiger partial charge in [0.1, 0.15) is 6.04 Å². The van der Waals surface area contributed by atoms with E-state index in [1.165, 1.54) is 24.8 Å². The van der Waals surface area contributed by atoms with Gasteiger partial charge in [-0.25, -0.2) is 0 Å². The number of nitrogens with one attached hydrogen (secondary N) is 2. The van der Waals surface area contributed by atoms with E-state index in [-0.39, 0.29) is 24.1 Å². The first-order chi connectivity index (χ1) is 13.6. The topological polar surface area (TPSA) is 81.8 Å². The van der Waals surface area contributed by atoms with Gasteiger partial charge in [0.15, 0.2) is 0 Å². The second kappa shape index (κ2) is 6.67.